The second kappa shape index (κ2) is 6.97. The van der Waals surface area contributed by atoms with Crippen LogP contribution in [-0.4, -0.2) is 28.9 Å². The predicted molar refractivity (Wildman–Crippen MR) is 95.5 cm³/mol. The third-order valence-corrected chi connectivity index (χ3v) is 5.35. The van der Waals surface area contributed by atoms with Crippen LogP contribution in [-0.2, 0) is 11.2 Å². The summed E-state index contributed by atoms with van der Waals surface area (Å²) < 4.78 is 5.12. The fourth-order valence-corrected chi connectivity index (χ4v) is 3.50. The fourth-order valence-electron chi connectivity index (χ4n) is 2.80. The van der Waals surface area contributed by atoms with E-state index >= 15 is 0 Å². The van der Waals surface area contributed by atoms with Crippen LogP contribution in [0.15, 0.2) is 22.1 Å². The van der Waals surface area contributed by atoms with Crippen molar-refractivity contribution in [2.45, 2.75) is 38.6 Å². The number of carbonyl (C=O) groups is 2. The van der Waals surface area contributed by atoms with Gasteiger partial charge >= 0.3 is 0 Å². The summed E-state index contributed by atoms with van der Waals surface area (Å²) in [6, 6.07) is 1.61. The lowest BCUT2D eigenvalue weighted by atomic mass is 9.95. The molecule has 2 aromatic heterocycles. The first kappa shape index (κ1) is 17.6. The molecule has 3 rings (SSSR count). The molecule has 1 atom stereocenters. The second-order valence-corrected chi connectivity index (χ2v) is 7.47. The maximum atomic E-state index is 12.3. The van der Waals surface area contributed by atoms with Gasteiger partial charge in [-0.25, -0.2) is 4.98 Å². The molecule has 1 saturated carbocycles. The Morgan fingerprint density at radius 2 is 2.24 bits per heavy atom. The fraction of sp³-hybridized carbons (Fsp3) is 0.471. The summed E-state index contributed by atoms with van der Waals surface area (Å²) in [7, 11) is 0. The standard InChI is InChI=1S/C17H22N4O3S/c1-10-13(5-6-24-10)15(23)20-16-19-12(8-25-16)7-14(22)21-17(2,9-18)11-3-4-11/h5-6,8,11H,3-4,7,9,18H2,1-2H3,(H,21,22)(H,19,20,23). The van der Waals surface area contributed by atoms with Gasteiger partial charge in [-0.05, 0) is 38.7 Å². The van der Waals surface area contributed by atoms with Crippen LogP contribution in [0.3, 0.4) is 0 Å². The number of amides is 2. The monoisotopic (exact) mass is 362 g/mol. The molecule has 7 nitrogen and oxygen atoms in total. The summed E-state index contributed by atoms with van der Waals surface area (Å²) in [5.41, 5.74) is 6.57. The largest absolute Gasteiger partial charge is 0.469 e. The number of nitrogens with one attached hydrogen (secondary N) is 2. The molecule has 1 unspecified atom stereocenters. The van der Waals surface area contributed by atoms with Gasteiger partial charge < -0.3 is 15.5 Å². The molecule has 1 fully saturated rings. The minimum absolute atomic E-state index is 0.103. The summed E-state index contributed by atoms with van der Waals surface area (Å²) in [5, 5.41) is 7.99. The van der Waals surface area contributed by atoms with Crippen molar-refractivity contribution < 1.29 is 14.0 Å². The van der Waals surface area contributed by atoms with Crippen LogP contribution >= 0.6 is 11.3 Å². The highest BCUT2D eigenvalue weighted by Crippen LogP contribution is 2.39. The van der Waals surface area contributed by atoms with Crippen LogP contribution in [0.25, 0.3) is 0 Å². The van der Waals surface area contributed by atoms with Crippen molar-refractivity contribution in [2.75, 3.05) is 11.9 Å². The molecule has 0 spiro atoms. The number of nitrogens with zero attached hydrogens (tertiary/aromatic N) is 1. The molecule has 0 saturated heterocycles. The van der Waals surface area contributed by atoms with Crippen LogP contribution in [0.5, 0.6) is 0 Å². The van der Waals surface area contributed by atoms with Crippen molar-refractivity contribution in [3.63, 3.8) is 0 Å². The van der Waals surface area contributed by atoms with Crippen molar-refractivity contribution in [3.8, 4) is 0 Å². The number of hydrogen-bond acceptors (Lipinski definition) is 6. The van der Waals surface area contributed by atoms with Crippen molar-refractivity contribution in [1.82, 2.24) is 10.3 Å². The highest BCUT2D eigenvalue weighted by molar-refractivity contribution is 7.14. The van der Waals surface area contributed by atoms with Gasteiger partial charge in [-0.15, -0.1) is 11.3 Å². The number of thiazole rings is 1. The first-order chi connectivity index (χ1) is 11.9. The summed E-state index contributed by atoms with van der Waals surface area (Å²) in [5.74, 6) is 0.634. The normalized spacial score (nSPS) is 16.3. The maximum absolute atomic E-state index is 12.3. The number of aromatic nitrogens is 1. The van der Waals surface area contributed by atoms with Crippen LogP contribution in [0.2, 0.25) is 0 Å². The summed E-state index contributed by atoms with van der Waals surface area (Å²) in [6.07, 6.45) is 3.85. The van der Waals surface area contributed by atoms with Crippen molar-refractivity contribution in [2.24, 2.45) is 11.7 Å². The van der Waals surface area contributed by atoms with Gasteiger partial charge in [0.25, 0.3) is 5.91 Å². The number of furan rings is 1. The zero-order valence-electron chi connectivity index (χ0n) is 14.3. The molecule has 4 N–H and O–H groups in total. The maximum Gasteiger partial charge on any atom is 0.260 e. The van der Waals surface area contributed by atoms with E-state index in [1.54, 1.807) is 18.4 Å². The Kier molecular flexibility index (Phi) is 4.91. The minimum Gasteiger partial charge on any atom is -0.469 e. The molecule has 2 amide bonds. The zero-order valence-corrected chi connectivity index (χ0v) is 15.1. The van der Waals surface area contributed by atoms with Gasteiger partial charge in [0, 0.05) is 11.9 Å². The Balaban J connectivity index is 1.57. The average molecular weight is 362 g/mol. The molecule has 134 valence electrons. The van der Waals surface area contributed by atoms with E-state index in [1.807, 2.05) is 6.92 Å². The number of hydrogen-bond donors (Lipinski definition) is 3. The van der Waals surface area contributed by atoms with Gasteiger partial charge in [-0.2, -0.15) is 0 Å². The zero-order chi connectivity index (χ0) is 18.0. The van der Waals surface area contributed by atoms with Crippen molar-refractivity contribution in [3.05, 3.63) is 34.7 Å². The second-order valence-electron chi connectivity index (χ2n) is 6.61. The Morgan fingerprint density at radius 1 is 1.48 bits per heavy atom. The molecule has 0 aliphatic heterocycles. The van der Waals surface area contributed by atoms with E-state index in [4.69, 9.17) is 10.2 Å². The van der Waals surface area contributed by atoms with Gasteiger partial charge in [0.05, 0.1) is 29.5 Å². The van der Waals surface area contributed by atoms with Gasteiger partial charge in [-0.1, -0.05) is 0 Å². The highest BCUT2D eigenvalue weighted by atomic mass is 32.1. The number of aryl methyl sites for hydroxylation is 1. The minimum atomic E-state index is -0.344. The molecule has 8 heteroatoms. The average Bonchev–Trinajstić information content (AvgIpc) is 3.22. The number of carbonyl (C=O) groups excluding carboxylic acids is 2. The van der Waals surface area contributed by atoms with Crippen LogP contribution < -0.4 is 16.4 Å². The van der Waals surface area contributed by atoms with Crippen LogP contribution in [0, 0.1) is 12.8 Å². The van der Waals surface area contributed by atoms with Gasteiger partial charge in [0.1, 0.15) is 5.76 Å². The Labute approximate surface area is 150 Å². The molecular weight excluding hydrogens is 340 g/mol. The molecule has 2 aromatic rings. The summed E-state index contributed by atoms with van der Waals surface area (Å²) in [6.45, 7) is 4.13. The Bertz CT molecular complexity index is 780. The van der Waals surface area contributed by atoms with Crippen molar-refractivity contribution >= 4 is 28.3 Å². The van der Waals surface area contributed by atoms with Crippen LogP contribution in [0.1, 0.15) is 41.6 Å². The quantitative estimate of drug-likeness (QED) is 0.698. The van der Waals surface area contributed by atoms with E-state index in [0.717, 1.165) is 12.8 Å². The van der Waals surface area contributed by atoms with E-state index < -0.39 is 0 Å². The molecule has 0 bridgehead atoms. The molecular formula is C17H22N4O3S. The lowest BCUT2D eigenvalue weighted by Crippen LogP contribution is -2.53. The number of rotatable bonds is 7. The molecule has 1 aliphatic carbocycles. The summed E-state index contributed by atoms with van der Waals surface area (Å²) in [4.78, 5) is 28.7. The first-order valence-corrected chi connectivity index (χ1v) is 9.10. The first-order valence-electron chi connectivity index (χ1n) is 8.22. The SMILES string of the molecule is Cc1occc1C(=O)Nc1nc(CC(=O)NC(C)(CN)C2CC2)cs1. The molecule has 0 radical (unpaired) electrons. The van der Waals surface area contributed by atoms with E-state index in [1.165, 1.54) is 17.6 Å². The van der Waals surface area contributed by atoms with Crippen molar-refractivity contribution in [1.29, 1.82) is 0 Å². The van der Waals surface area contributed by atoms with E-state index in [0.29, 0.717) is 34.6 Å². The third-order valence-electron chi connectivity index (χ3n) is 4.54. The Hall–Kier alpha value is -2.19. The van der Waals surface area contributed by atoms with E-state index in [2.05, 4.69) is 15.6 Å². The smallest absolute Gasteiger partial charge is 0.260 e. The lowest BCUT2D eigenvalue weighted by molar-refractivity contribution is -0.122. The third kappa shape index (κ3) is 4.08. The molecule has 1 aliphatic rings. The highest BCUT2D eigenvalue weighted by Gasteiger charge is 2.41. The van der Waals surface area contributed by atoms with E-state index in [-0.39, 0.29) is 23.8 Å². The van der Waals surface area contributed by atoms with E-state index in [9.17, 15) is 9.59 Å². The van der Waals surface area contributed by atoms with Crippen LogP contribution in [0.4, 0.5) is 5.13 Å². The lowest BCUT2D eigenvalue weighted by Gasteiger charge is -2.29. The Morgan fingerprint density at radius 3 is 2.84 bits per heavy atom. The van der Waals surface area contributed by atoms with Gasteiger partial charge in [-0.3, -0.25) is 14.9 Å². The predicted octanol–water partition coefficient (Wildman–Crippen LogP) is 2.08. The number of nitrogens with two attached hydrogens (primary N) is 1. The van der Waals surface area contributed by atoms with Gasteiger partial charge in [0.15, 0.2) is 5.13 Å². The molecule has 0 aromatic carbocycles. The number of anilines is 1. The van der Waals surface area contributed by atoms with Gasteiger partial charge in [0.2, 0.25) is 5.91 Å². The summed E-state index contributed by atoms with van der Waals surface area (Å²) >= 11 is 1.29. The molecule has 2 heterocycles. The molecule has 25 heavy (non-hydrogen) atoms. The topological polar surface area (TPSA) is 110 Å².